The van der Waals surface area contributed by atoms with Crippen LogP contribution in [0.25, 0.3) is 10.8 Å². The summed E-state index contributed by atoms with van der Waals surface area (Å²) in [6.45, 7) is 6.34. The molecule has 0 saturated heterocycles. The van der Waals surface area contributed by atoms with Gasteiger partial charge in [0.05, 0.1) is 18.0 Å². The molecule has 0 fully saturated rings. The molecule has 3 rings (SSSR count). The fraction of sp³-hybridized carbons (Fsp3) is 0.429. The van der Waals surface area contributed by atoms with Crippen molar-refractivity contribution >= 4 is 16.3 Å². The van der Waals surface area contributed by atoms with Gasteiger partial charge in [-0.25, -0.2) is 9.97 Å². The van der Waals surface area contributed by atoms with Crippen LogP contribution in [-0.4, -0.2) is 39.2 Å². The van der Waals surface area contributed by atoms with Crippen LogP contribution in [0.2, 0.25) is 0 Å². The number of ether oxygens (including phenoxy) is 1. The van der Waals surface area contributed by atoms with E-state index in [1.807, 2.05) is 13.3 Å². The number of aryl methyl sites for hydroxylation is 1. The number of rotatable bonds is 6. The zero-order valence-electron chi connectivity index (χ0n) is 12.5. The average Bonchev–Trinajstić information content (AvgIpc) is 3.13. The van der Waals surface area contributed by atoms with E-state index in [2.05, 4.69) is 37.8 Å². The van der Waals surface area contributed by atoms with Gasteiger partial charge in [-0.3, -0.25) is 8.97 Å². The Morgan fingerprint density at radius 3 is 2.95 bits per heavy atom. The van der Waals surface area contributed by atoms with Gasteiger partial charge >= 0.3 is 0 Å². The first-order chi connectivity index (χ1) is 10.2. The Hall–Kier alpha value is -1.70. The summed E-state index contributed by atoms with van der Waals surface area (Å²) in [6, 6.07) is 0. The molecule has 21 heavy (non-hydrogen) atoms. The number of fused-ring (bicyclic) bond motifs is 1. The van der Waals surface area contributed by atoms with E-state index in [4.69, 9.17) is 9.72 Å². The number of hydrogen-bond acceptors (Lipinski definition) is 5. The lowest BCUT2D eigenvalue weighted by molar-refractivity contribution is 0.199. The maximum Gasteiger partial charge on any atom is 0.195 e. The highest BCUT2D eigenvalue weighted by molar-refractivity contribution is 7.15. The first-order valence-corrected chi connectivity index (χ1v) is 7.75. The molecule has 7 heteroatoms. The SMILES string of the molecule is COCCNCc1c(-n2cnc(C)c2C)nc2sccn12. The van der Waals surface area contributed by atoms with Crippen molar-refractivity contribution < 1.29 is 4.74 Å². The molecule has 0 aliphatic heterocycles. The number of imidazole rings is 2. The molecule has 0 atom stereocenters. The molecule has 0 spiro atoms. The number of thiazole rings is 1. The first-order valence-electron chi connectivity index (χ1n) is 6.87. The molecule has 1 N–H and O–H groups in total. The smallest absolute Gasteiger partial charge is 0.195 e. The average molecular weight is 305 g/mol. The van der Waals surface area contributed by atoms with Crippen LogP contribution in [0.3, 0.4) is 0 Å². The second kappa shape index (κ2) is 5.97. The van der Waals surface area contributed by atoms with E-state index in [1.54, 1.807) is 18.4 Å². The summed E-state index contributed by atoms with van der Waals surface area (Å²) < 4.78 is 9.26. The van der Waals surface area contributed by atoms with Gasteiger partial charge in [-0.05, 0) is 13.8 Å². The maximum atomic E-state index is 5.07. The molecule has 3 aromatic heterocycles. The number of nitrogens with zero attached hydrogens (tertiary/aromatic N) is 4. The van der Waals surface area contributed by atoms with Gasteiger partial charge in [0.25, 0.3) is 0 Å². The van der Waals surface area contributed by atoms with E-state index >= 15 is 0 Å². The van der Waals surface area contributed by atoms with Gasteiger partial charge in [-0.2, -0.15) is 0 Å². The highest BCUT2D eigenvalue weighted by atomic mass is 32.1. The fourth-order valence-corrected chi connectivity index (χ4v) is 3.00. The van der Waals surface area contributed by atoms with Gasteiger partial charge in [0.2, 0.25) is 0 Å². The number of nitrogens with one attached hydrogen (secondary N) is 1. The minimum atomic E-state index is 0.699. The lowest BCUT2D eigenvalue weighted by Crippen LogP contribution is -2.20. The molecule has 3 heterocycles. The molecular formula is C14H19N5OS. The number of aromatic nitrogens is 4. The number of hydrogen-bond donors (Lipinski definition) is 1. The third-order valence-electron chi connectivity index (χ3n) is 3.60. The predicted octanol–water partition coefficient (Wildman–Crippen LogP) is 1.93. The molecule has 6 nitrogen and oxygen atoms in total. The quantitative estimate of drug-likeness (QED) is 0.707. The lowest BCUT2D eigenvalue weighted by atomic mass is 10.3. The molecule has 0 bridgehead atoms. The van der Waals surface area contributed by atoms with Crippen molar-refractivity contribution in [2.75, 3.05) is 20.3 Å². The zero-order chi connectivity index (χ0) is 14.8. The summed E-state index contributed by atoms with van der Waals surface area (Å²) in [4.78, 5) is 10.1. The van der Waals surface area contributed by atoms with Gasteiger partial charge < -0.3 is 10.1 Å². The molecule has 0 saturated carbocycles. The highest BCUT2D eigenvalue weighted by Crippen LogP contribution is 2.22. The Kier molecular flexibility index (Phi) is 4.05. The second-order valence-corrected chi connectivity index (χ2v) is 5.77. The Bertz CT molecular complexity index is 742. The molecule has 0 aromatic carbocycles. The topological polar surface area (TPSA) is 56.4 Å². The molecular weight excluding hydrogens is 286 g/mol. The van der Waals surface area contributed by atoms with Crippen LogP contribution in [0.15, 0.2) is 17.9 Å². The van der Waals surface area contributed by atoms with Gasteiger partial charge in [0.1, 0.15) is 6.33 Å². The Labute approximate surface area is 127 Å². The standard InChI is InChI=1S/C14H19N5OS/c1-10-11(2)19(9-16-10)13-12(8-15-4-6-20-3)18-5-7-21-14(18)17-13/h5,7,9,15H,4,6,8H2,1-3H3. The van der Waals surface area contributed by atoms with Crippen LogP contribution >= 0.6 is 11.3 Å². The van der Waals surface area contributed by atoms with Gasteiger partial charge in [0.15, 0.2) is 10.8 Å². The molecule has 3 aromatic rings. The first kappa shape index (κ1) is 14.2. The van der Waals surface area contributed by atoms with Crippen LogP contribution in [0.4, 0.5) is 0 Å². The van der Waals surface area contributed by atoms with Crippen molar-refractivity contribution in [3.05, 3.63) is 35.0 Å². The molecule has 0 amide bonds. The highest BCUT2D eigenvalue weighted by Gasteiger charge is 2.16. The van der Waals surface area contributed by atoms with Crippen molar-refractivity contribution in [2.24, 2.45) is 0 Å². The van der Waals surface area contributed by atoms with E-state index in [-0.39, 0.29) is 0 Å². The van der Waals surface area contributed by atoms with Gasteiger partial charge in [-0.1, -0.05) is 0 Å². The Morgan fingerprint density at radius 2 is 2.24 bits per heavy atom. The summed E-state index contributed by atoms with van der Waals surface area (Å²) in [5.41, 5.74) is 3.30. The van der Waals surface area contributed by atoms with Crippen LogP contribution in [-0.2, 0) is 11.3 Å². The third-order valence-corrected chi connectivity index (χ3v) is 4.35. The van der Waals surface area contributed by atoms with Crippen molar-refractivity contribution in [2.45, 2.75) is 20.4 Å². The molecule has 0 unspecified atom stereocenters. The van der Waals surface area contributed by atoms with Crippen LogP contribution < -0.4 is 5.32 Å². The van der Waals surface area contributed by atoms with Crippen molar-refractivity contribution in [1.82, 2.24) is 24.3 Å². The van der Waals surface area contributed by atoms with E-state index in [0.717, 1.165) is 41.0 Å². The van der Waals surface area contributed by atoms with Crippen molar-refractivity contribution in [3.8, 4) is 5.82 Å². The third kappa shape index (κ3) is 2.59. The summed E-state index contributed by atoms with van der Waals surface area (Å²) >= 11 is 1.64. The Morgan fingerprint density at radius 1 is 1.38 bits per heavy atom. The summed E-state index contributed by atoms with van der Waals surface area (Å²) in [5.74, 6) is 0.949. The molecule has 0 aliphatic carbocycles. The monoisotopic (exact) mass is 305 g/mol. The largest absolute Gasteiger partial charge is 0.383 e. The maximum absolute atomic E-state index is 5.07. The van der Waals surface area contributed by atoms with E-state index in [0.29, 0.717) is 6.61 Å². The van der Waals surface area contributed by atoms with Crippen molar-refractivity contribution in [3.63, 3.8) is 0 Å². The van der Waals surface area contributed by atoms with Crippen LogP contribution in [0, 0.1) is 13.8 Å². The second-order valence-electron chi connectivity index (χ2n) is 4.89. The number of methoxy groups -OCH3 is 1. The summed E-state index contributed by atoms with van der Waals surface area (Å²) in [7, 11) is 1.71. The van der Waals surface area contributed by atoms with E-state index in [9.17, 15) is 0 Å². The minimum absolute atomic E-state index is 0.699. The zero-order valence-corrected chi connectivity index (χ0v) is 13.3. The fourth-order valence-electron chi connectivity index (χ4n) is 2.27. The summed E-state index contributed by atoms with van der Waals surface area (Å²) in [5, 5.41) is 5.44. The van der Waals surface area contributed by atoms with E-state index in [1.165, 1.54) is 0 Å². The normalized spacial score (nSPS) is 11.6. The minimum Gasteiger partial charge on any atom is -0.383 e. The molecule has 0 aliphatic rings. The van der Waals surface area contributed by atoms with Crippen molar-refractivity contribution in [1.29, 1.82) is 0 Å². The predicted molar refractivity (Wildman–Crippen MR) is 83.2 cm³/mol. The van der Waals surface area contributed by atoms with Gasteiger partial charge in [0, 0.05) is 37.5 Å². The van der Waals surface area contributed by atoms with Gasteiger partial charge in [-0.15, -0.1) is 11.3 Å². The Balaban J connectivity index is 1.97. The van der Waals surface area contributed by atoms with E-state index < -0.39 is 0 Å². The molecule has 0 radical (unpaired) electrons. The lowest BCUT2D eigenvalue weighted by Gasteiger charge is -2.08. The van der Waals surface area contributed by atoms with Crippen LogP contribution in [0.5, 0.6) is 0 Å². The van der Waals surface area contributed by atoms with Crippen LogP contribution in [0.1, 0.15) is 17.1 Å². The molecule has 112 valence electrons. The summed E-state index contributed by atoms with van der Waals surface area (Å²) in [6.07, 6.45) is 3.90.